The Hall–Kier alpha value is -1.61. The Bertz CT molecular complexity index is 476. The second-order valence-electron chi connectivity index (χ2n) is 3.93. The lowest BCUT2D eigenvalue weighted by Gasteiger charge is -2.11. The van der Waals surface area contributed by atoms with E-state index < -0.39 is 0 Å². The summed E-state index contributed by atoms with van der Waals surface area (Å²) in [5, 5.41) is 0. The highest BCUT2D eigenvalue weighted by atomic mass is 16.3. The molecule has 0 aliphatic heterocycles. The van der Waals surface area contributed by atoms with E-state index in [1.54, 1.807) is 6.26 Å². The van der Waals surface area contributed by atoms with Crippen molar-refractivity contribution >= 4 is 0 Å². The maximum atomic E-state index is 6.21. The Kier molecular flexibility index (Phi) is 3.06. The molecule has 0 aliphatic rings. The highest BCUT2D eigenvalue weighted by molar-refractivity contribution is 5.32. The first-order chi connectivity index (χ1) is 7.72. The van der Waals surface area contributed by atoms with Crippen LogP contribution in [0.4, 0.5) is 0 Å². The van der Waals surface area contributed by atoms with Gasteiger partial charge in [-0.3, -0.25) is 4.98 Å². The molecule has 0 amide bonds. The summed E-state index contributed by atoms with van der Waals surface area (Å²) in [7, 11) is 0. The average Bonchev–Trinajstić information content (AvgIpc) is 2.76. The lowest BCUT2D eigenvalue weighted by Crippen LogP contribution is -2.13. The van der Waals surface area contributed by atoms with Crippen LogP contribution in [-0.4, -0.2) is 4.98 Å². The molecule has 2 heterocycles. The molecule has 2 aromatic heterocycles. The minimum absolute atomic E-state index is 0.152. The lowest BCUT2D eigenvalue weighted by atomic mass is 10.00. The second kappa shape index (κ2) is 4.49. The standard InChI is InChI=1S/C13H16N2O/c1-3-12-11(4-5-16-12)13(14)10-6-9(2)7-15-8-10/h4-8,13H,3,14H2,1-2H3. The molecule has 2 rings (SSSR count). The fraction of sp³-hybridized carbons (Fsp3) is 0.308. The van der Waals surface area contributed by atoms with Crippen LogP contribution in [0.3, 0.4) is 0 Å². The Balaban J connectivity index is 2.35. The van der Waals surface area contributed by atoms with Gasteiger partial charge < -0.3 is 10.2 Å². The number of hydrogen-bond donors (Lipinski definition) is 1. The van der Waals surface area contributed by atoms with Crippen molar-refractivity contribution in [2.45, 2.75) is 26.3 Å². The van der Waals surface area contributed by atoms with Crippen LogP contribution in [0.2, 0.25) is 0 Å². The molecule has 84 valence electrons. The van der Waals surface area contributed by atoms with Crippen molar-refractivity contribution in [3.05, 3.63) is 53.2 Å². The number of hydrogen-bond acceptors (Lipinski definition) is 3. The van der Waals surface area contributed by atoms with E-state index in [0.717, 1.165) is 28.9 Å². The molecule has 0 aromatic carbocycles. The van der Waals surface area contributed by atoms with Crippen LogP contribution >= 0.6 is 0 Å². The highest BCUT2D eigenvalue weighted by Crippen LogP contribution is 2.24. The van der Waals surface area contributed by atoms with Gasteiger partial charge in [0.25, 0.3) is 0 Å². The van der Waals surface area contributed by atoms with Crippen LogP contribution in [0.5, 0.6) is 0 Å². The van der Waals surface area contributed by atoms with Crippen molar-refractivity contribution in [1.29, 1.82) is 0 Å². The lowest BCUT2D eigenvalue weighted by molar-refractivity contribution is 0.509. The normalized spacial score (nSPS) is 12.7. The average molecular weight is 216 g/mol. The van der Waals surface area contributed by atoms with E-state index in [2.05, 4.69) is 18.0 Å². The van der Waals surface area contributed by atoms with Crippen molar-refractivity contribution in [1.82, 2.24) is 4.98 Å². The molecule has 3 heteroatoms. The first-order valence-corrected chi connectivity index (χ1v) is 5.45. The zero-order chi connectivity index (χ0) is 11.5. The minimum atomic E-state index is -0.152. The van der Waals surface area contributed by atoms with E-state index in [9.17, 15) is 0 Å². The van der Waals surface area contributed by atoms with Gasteiger partial charge >= 0.3 is 0 Å². The number of nitrogens with two attached hydrogens (primary N) is 1. The molecule has 16 heavy (non-hydrogen) atoms. The largest absolute Gasteiger partial charge is 0.469 e. The first kappa shape index (κ1) is 10.9. The number of pyridine rings is 1. The summed E-state index contributed by atoms with van der Waals surface area (Å²) in [6, 6.07) is 3.84. The number of furan rings is 1. The minimum Gasteiger partial charge on any atom is -0.469 e. The summed E-state index contributed by atoms with van der Waals surface area (Å²) < 4.78 is 5.39. The highest BCUT2D eigenvalue weighted by Gasteiger charge is 2.15. The number of nitrogens with zero attached hydrogens (tertiary/aromatic N) is 1. The topological polar surface area (TPSA) is 52.0 Å². The van der Waals surface area contributed by atoms with E-state index in [1.165, 1.54) is 0 Å². The molecule has 0 aliphatic carbocycles. The third kappa shape index (κ3) is 1.99. The quantitative estimate of drug-likeness (QED) is 0.858. The van der Waals surface area contributed by atoms with Crippen molar-refractivity contribution in [3.63, 3.8) is 0 Å². The number of aromatic nitrogens is 1. The van der Waals surface area contributed by atoms with E-state index >= 15 is 0 Å². The molecule has 0 bridgehead atoms. The van der Waals surface area contributed by atoms with Gasteiger partial charge in [0, 0.05) is 24.4 Å². The molecule has 1 atom stereocenters. The van der Waals surface area contributed by atoms with Crippen LogP contribution in [-0.2, 0) is 6.42 Å². The maximum Gasteiger partial charge on any atom is 0.108 e. The molecule has 0 saturated carbocycles. The predicted octanol–water partition coefficient (Wildman–Crippen LogP) is 2.59. The fourth-order valence-electron chi connectivity index (χ4n) is 1.84. The van der Waals surface area contributed by atoms with E-state index in [-0.39, 0.29) is 6.04 Å². The fourth-order valence-corrected chi connectivity index (χ4v) is 1.84. The van der Waals surface area contributed by atoms with Crippen LogP contribution in [0.25, 0.3) is 0 Å². The van der Waals surface area contributed by atoms with Gasteiger partial charge in [-0.2, -0.15) is 0 Å². The third-order valence-electron chi connectivity index (χ3n) is 2.69. The van der Waals surface area contributed by atoms with Crippen molar-refractivity contribution in [2.75, 3.05) is 0 Å². The molecule has 2 aromatic rings. The van der Waals surface area contributed by atoms with Crippen LogP contribution in [0.1, 0.15) is 35.4 Å². The van der Waals surface area contributed by atoms with E-state index in [1.807, 2.05) is 25.4 Å². The van der Waals surface area contributed by atoms with Gasteiger partial charge in [-0.15, -0.1) is 0 Å². The van der Waals surface area contributed by atoms with Gasteiger partial charge in [-0.1, -0.05) is 13.0 Å². The van der Waals surface area contributed by atoms with E-state index in [0.29, 0.717) is 0 Å². The zero-order valence-corrected chi connectivity index (χ0v) is 9.60. The molecule has 1 unspecified atom stereocenters. The molecule has 0 fully saturated rings. The number of aryl methyl sites for hydroxylation is 2. The number of rotatable bonds is 3. The molecular formula is C13H16N2O. The van der Waals surface area contributed by atoms with Gasteiger partial charge in [0.2, 0.25) is 0 Å². The second-order valence-corrected chi connectivity index (χ2v) is 3.93. The first-order valence-electron chi connectivity index (χ1n) is 5.45. The van der Waals surface area contributed by atoms with Crippen molar-refractivity contribution in [2.24, 2.45) is 5.73 Å². The summed E-state index contributed by atoms with van der Waals surface area (Å²) in [5.41, 5.74) is 9.40. The predicted molar refractivity (Wildman–Crippen MR) is 63.1 cm³/mol. The van der Waals surface area contributed by atoms with Crippen LogP contribution in [0, 0.1) is 6.92 Å². The van der Waals surface area contributed by atoms with Crippen LogP contribution < -0.4 is 5.73 Å². The molecule has 0 saturated heterocycles. The van der Waals surface area contributed by atoms with Crippen LogP contribution in [0.15, 0.2) is 35.2 Å². The summed E-state index contributed by atoms with van der Waals surface area (Å²) in [6.45, 7) is 4.07. The SMILES string of the molecule is CCc1occc1C(N)c1cncc(C)c1. The molecule has 0 spiro atoms. The zero-order valence-electron chi connectivity index (χ0n) is 9.60. The van der Waals surface area contributed by atoms with Gasteiger partial charge in [0.15, 0.2) is 0 Å². The molecule has 0 radical (unpaired) electrons. The van der Waals surface area contributed by atoms with Crippen molar-refractivity contribution in [3.8, 4) is 0 Å². The summed E-state index contributed by atoms with van der Waals surface area (Å²) in [5.74, 6) is 0.953. The molecule has 2 N–H and O–H groups in total. The van der Waals surface area contributed by atoms with Crippen molar-refractivity contribution < 1.29 is 4.42 Å². The van der Waals surface area contributed by atoms with Gasteiger partial charge in [0.1, 0.15) is 5.76 Å². The Morgan fingerprint density at radius 3 is 2.94 bits per heavy atom. The Labute approximate surface area is 95.3 Å². The molecular weight excluding hydrogens is 200 g/mol. The van der Waals surface area contributed by atoms with Gasteiger partial charge in [-0.25, -0.2) is 0 Å². The summed E-state index contributed by atoms with van der Waals surface area (Å²) in [4.78, 5) is 4.16. The van der Waals surface area contributed by atoms with Gasteiger partial charge in [0.05, 0.1) is 12.3 Å². The smallest absolute Gasteiger partial charge is 0.108 e. The molecule has 3 nitrogen and oxygen atoms in total. The Morgan fingerprint density at radius 2 is 2.25 bits per heavy atom. The van der Waals surface area contributed by atoms with Gasteiger partial charge in [-0.05, 0) is 24.1 Å². The van der Waals surface area contributed by atoms with E-state index in [4.69, 9.17) is 10.2 Å². The maximum absolute atomic E-state index is 6.21. The third-order valence-corrected chi connectivity index (χ3v) is 2.69. The summed E-state index contributed by atoms with van der Waals surface area (Å²) >= 11 is 0. The monoisotopic (exact) mass is 216 g/mol. The summed E-state index contributed by atoms with van der Waals surface area (Å²) in [6.07, 6.45) is 6.18. The Morgan fingerprint density at radius 1 is 1.44 bits per heavy atom.